The van der Waals surface area contributed by atoms with Gasteiger partial charge in [0, 0.05) is 13.1 Å². The summed E-state index contributed by atoms with van der Waals surface area (Å²) >= 11 is 1.26. The van der Waals surface area contributed by atoms with E-state index in [9.17, 15) is 13.2 Å². The van der Waals surface area contributed by atoms with E-state index in [0.717, 1.165) is 11.3 Å². The topological polar surface area (TPSA) is 98.1 Å². The van der Waals surface area contributed by atoms with E-state index in [1.807, 2.05) is 32.0 Å². The molecular weight excluding hydrogens is 386 g/mol. The summed E-state index contributed by atoms with van der Waals surface area (Å²) in [5, 5.41) is 11.9. The van der Waals surface area contributed by atoms with Gasteiger partial charge in [-0.05, 0) is 60.9 Å². The molecule has 1 fully saturated rings. The normalized spacial score (nSPS) is 19.8. The smallest absolute Gasteiger partial charge is 0.235 e. The van der Waals surface area contributed by atoms with Gasteiger partial charge >= 0.3 is 0 Å². The molecule has 10 heteroatoms. The number of nitrogens with zero attached hydrogens (tertiary/aromatic N) is 5. The van der Waals surface area contributed by atoms with E-state index in [1.54, 1.807) is 23.6 Å². The molecule has 0 saturated carbocycles. The predicted molar refractivity (Wildman–Crippen MR) is 104 cm³/mol. The Morgan fingerprint density at radius 2 is 2.07 bits per heavy atom. The number of benzene rings is 1. The molecule has 0 N–H and O–H groups in total. The molecule has 27 heavy (non-hydrogen) atoms. The molecule has 1 amide bonds. The highest BCUT2D eigenvalue weighted by molar-refractivity contribution is 8.00. The minimum atomic E-state index is -3.04. The van der Waals surface area contributed by atoms with Crippen molar-refractivity contribution in [2.75, 3.05) is 18.6 Å². The molecule has 0 radical (unpaired) electrons. The maximum Gasteiger partial charge on any atom is 0.235 e. The van der Waals surface area contributed by atoms with Crippen LogP contribution in [-0.4, -0.2) is 69.3 Å². The Bertz CT molecular complexity index is 957. The Labute approximate surface area is 163 Å². The number of thioether (sulfide) groups is 1. The molecule has 1 aromatic heterocycles. The summed E-state index contributed by atoms with van der Waals surface area (Å²) in [6.45, 7) is 5.84. The van der Waals surface area contributed by atoms with Crippen LogP contribution in [0.5, 0.6) is 0 Å². The largest absolute Gasteiger partial charge is 0.341 e. The van der Waals surface area contributed by atoms with Crippen LogP contribution in [0.2, 0.25) is 0 Å². The fourth-order valence-electron chi connectivity index (χ4n) is 3.03. The molecule has 1 aliphatic rings. The maximum absolute atomic E-state index is 12.7. The van der Waals surface area contributed by atoms with Crippen molar-refractivity contribution in [1.82, 2.24) is 25.1 Å². The first-order chi connectivity index (χ1) is 12.7. The van der Waals surface area contributed by atoms with Crippen molar-refractivity contribution in [2.24, 2.45) is 0 Å². The van der Waals surface area contributed by atoms with Gasteiger partial charge in [-0.25, -0.2) is 8.42 Å². The summed E-state index contributed by atoms with van der Waals surface area (Å²) in [4.78, 5) is 14.3. The van der Waals surface area contributed by atoms with Gasteiger partial charge in [-0.2, -0.15) is 4.68 Å². The van der Waals surface area contributed by atoms with E-state index in [4.69, 9.17) is 0 Å². The van der Waals surface area contributed by atoms with Crippen molar-refractivity contribution in [3.8, 4) is 5.69 Å². The minimum Gasteiger partial charge on any atom is -0.341 e. The van der Waals surface area contributed by atoms with Gasteiger partial charge in [0.1, 0.15) is 0 Å². The fourth-order valence-corrected chi connectivity index (χ4v) is 5.71. The van der Waals surface area contributed by atoms with Gasteiger partial charge in [0.15, 0.2) is 9.84 Å². The second kappa shape index (κ2) is 7.59. The highest BCUT2D eigenvalue weighted by Crippen LogP contribution is 2.26. The lowest BCUT2D eigenvalue weighted by molar-refractivity contribution is -0.130. The third-order valence-electron chi connectivity index (χ3n) is 4.91. The van der Waals surface area contributed by atoms with Gasteiger partial charge in [0.2, 0.25) is 11.1 Å². The number of carbonyl (C=O) groups excluding carboxylic acids is 1. The van der Waals surface area contributed by atoms with Crippen LogP contribution in [0.1, 0.15) is 24.5 Å². The van der Waals surface area contributed by atoms with Crippen molar-refractivity contribution in [1.29, 1.82) is 0 Å². The third-order valence-corrected chi connectivity index (χ3v) is 7.68. The number of aromatic nitrogens is 4. The van der Waals surface area contributed by atoms with E-state index < -0.39 is 15.1 Å². The van der Waals surface area contributed by atoms with Crippen molar-refractivity contribution < 1.29 is 13.2 Å². The molecule has 3 rings (SSSR count). The molecule has 0 aliphatic carbocycles. The number of tetrazole rings is 1. The van der Waals surface area contributed by atoms with Crippen LogP contribution < -0.4 is 0 Å². The SMILES string of the molecule is Cc1ccc(-n2nnnc2S[C@@H](C)C(=O)N(C)[C@H]2CCS(=O)(=O)C2)cc1C. The zero-order chi connectivity index (χ0) is 19.8. The lowest BCUT2D eigenvalue weighted by Gasteiger charge is -2.26. The Hall–Kier alpha value is -1.94. The first-order valence-electron chi connectivity index (χ1n) is 8.68. The van der Waals surface area contributed by atoms with Gasteiger partial charge in [-0.1, -0.05) is 17.8 Å². The second-order valence-electron chi connectivity index (χ2n) is 6.91. The number of amides is 1. The first kappa shape index (κ1) is 19.8. The second-order valence-corrected chi connectivity index (χ2v) is 10.4. The van der Waals surface area contributed by atoms with Crippen LogP contribution in [0.3, 0.4) is 0 Å². The monoisotopic (exact) mass is 409 g/mol. The summed E-state index contributed by atoms with van der Waals surface area (Å²) < 4.78 is 25.0. The number of hydrogen-bond donors (Lipinski definition) is 0. The molecule has 0 unspecified atom stereocenters. The summed E-state index contributed by atoms with van der Waals surface area (Å²) in [6.07, 6.45) is 0.488. The lowest BCUT2D eigenvalue weighted by Crippen LogP contribution is -2.41. The number of aryl methyl sites for hydroxylation is 2. The van der Waals surface area contributed by atoms with Gasteiger partial charge in [-0.15, -0.1) is 5.10 Å². The van der Waals surface area contributed by atoms with Gasteiger partial charge in [0.25, 0.3) is 0 Å². The number of carbonyl (C=O) groups is 1. The van der Waals surface area contributed by atoms with Crippen molar-refractivity contribution in [3.05, 3.63) is 29.3 Å². The van der Waals surface area contributed by atoms with Gasteiger partial charge in [-0.3, -0.25) is 4.79 Å². The van der Waals surface area contributed by atoms with Crippen LogP contribution in [0.4, 0.5) is 0 Å². The molecule has 2 heterocycles. The third kappa shape index (κ3) is 4.32. The highest BCUT2D eigenvalue weighted by Gasteiger charge is 2.34. The predicted octanol–water partition coefficient (Wildman–Crippen LogP) is 1.41. The van der Waals surface area contributed by atoms with Crippen LogP contribution in [0.25, 0.3) is 5.69 Å². The van der Waals surface area contributed by atoms with E-state index in [2.05, 4.69) is 15.5 Å². The molecule has 0 bridgehead atoms. The zero-order valence-electron chi connectivity index (χ0n) is 15.8. The van der Waals surface area contributed by atoms with Crippen molar-refractivity contribution in [3.63, 3.8) is 0 Å². The van der Waals surface area contributed by atoms with Crippen LogP contribution in [0.15, 0.2) is 23.4 Å². The molecule has 2 atom stereocenters. The highest BCUT2D eigenvalue weighted by atomic mass is 32.2. The van der Waals surface area contributed by atoms with E-state index in [0.29, 0.717) is 11.6 Å². The van der Waals surface area contributed by atoms with E-state index >= 15 is 0 Å². The average molecular weight is 410 g/mol. The molecular formula is C17H23N5O3S2. The molecule has 0 spiro atoms. The van der Waals surface area contributed by atoms with E-state index in [-0.39, 0.29) is 23.5 Å². The average Bonchev–Trinajstić information content (AvgIpc) is 3.22. The fraction of sp³-hybridized carbons (Fsp3) is 0.529. The number of hydrogen-bond acceptors (Lipinski definition) is 7. The van der Waals surface area contributed by atoms with Crippen LogP contribution in [-0.2, 0) is 14.6 Å². The Morgan fingerprint density at radius 3 is 2.70 bits per heavy atom. The summed E-state index contributed by atoms with van der Waals surface area (Å²) in [5.41, 5.74) is 3.14. The summed E-state index contributed by atoms with van der Waals surface area (Å²) in [7, 11) is -1.37. The van der Waals surface area contributed by atoms with Gasteiger partial charge < -0.3 is 4.90 Å². The molecule has 1 saturated heterocycles. The lowest BCUT2D eigenvalue weighted by atomic mass is 10.1. The van der Waals surface area contributed by atoms with Gasteiger partial charge in [0.05, 0.1) is 22.4 Å². The number of rotatable bonds is 5. The van der Waals surface area contributed by atoms with Crippen LogP contribution in [0, 0.1) is 13.8 Å². The molecule has 1 aromatic carbocycles. The molecule has 1 aliphatic heterocycles. The molecule has 8 nitrogen and oxygen atoms in total. The molecule has 2 aromatic rings. The first-order valence-corrected chi connectivity index (χ1v) is 11.4. The Kier molecular flexibility index (Phi) is 5.57. The number of sulfone groups is 1. The quantitative estimate of drug-likeness (QED) is 0.689. The Morgan fingerprint density at radius 1 is 1.33 bits per heavy atom. The summed E-state index contributed by atoms with van der Waals surface area (Å²) in [6, 6.07) is 5.67. The van der Waals surface area contributed by atoms with Crippen molar-refractivity contribution >= 4 is 27.5 Å². The maximum atomic E-state index is 12.7. The minimum absolute atomic E-state index is 0.0347. The van der Waals surface area contributed by atoms with Crippen LogP contribution >= 0.6 is 11.8 Å². The zero-order valence-corrected chi connectivity index (χ0v) is 17.4. The van der Waals surface area contributed by atoms with E-state index in [1.165, 1.54) is 17.3 Å². The van der Waals surface area contributed by atoms with Crippen molar-refractivity contribution in [2.45, 2.75) is 43.6 Å². The molecule has 146 valence electrons. The Balaban J connectivity index is 1.73. The summed E-state index contributed by atoms with van der Waals surface area (Å²) in [5.74, 6) is 0.0474. The standard InChI is InChI=1S/C17H23N5O3S2/c1-11-5-6-14(9-12(11)2)22-17(18-19-20-22)26-13(3)16(23)21(4)15-7-8-27(24,25)10-15/h5-6,9,13,15H,7-8,10H2,1-4H3/t13-,15-/m0/s1.